The Bertz CT molecular complexity index is 177. The molecule has 1 aliphatic rings. The van der Waals surface area contributed by atoms with Crippen molar-refractivity contribution in [2.45, 2.75) is 46.1 Å². The Hall–Kier alpha value is -0.370. The number of hydrogen-bond donors (Lipinski definition) is 0. The summed E-state index contributed by atoms with van der Waals surface area (Å²) >= 11 is 0. The minimum absolute atomic E-state index is 0.175. The molecule has 0 aromatic rings. The summed E-state index contributed by atoms with van der Waals surface area (Å²) in [5.41, 5.74) is -0.175. The van der Waals surface area contributed by atoms with Crippen LogP contribution < -0.4 is 0 Å². The number of rotatable bonds is 3. The van der Waals surface area contributed by atoms with Crippen molar-refractivity contribution in [2.24, 2.45) is 5.41 Å². The van der Waals surface area contributed by atoms with Crippen molar-refractivity contribution in [1.82, 2.24) is 4.90 Å². The van der Waals surface area contributed by atoms with Gasteiger partial charge in [-0.1, -0.05) is 20.3 Å². The molecular formula is C11H21NO. The molecule has 0 N–H and O–H groups in total. The predicted molar refractivity (Wildman–Crippen MR) is 54.7 cm³/mol. The van der Waals surface area contributed by atoms with E-state index in [2.05, 4.69) is 11.8 Å². The molecule has 2 heteroatoms. The summed E-state index contributed by atoms with van der Waals surface area (Å²) in [6, 6.07) is 0.660. The Balaban J connectivity index is 2.46. The zero-order chi connectivity index (χ0) is 9.90. The van der Waals surface area contributed by atoms with Gasteiger partial charge in [-0.05, 0) is 26.3 Å². The molecule has 13 heavy (non-hydrogen) atoms. The number of piperidine rings is 1. The third-order valence-corrected chi connectivity index (χ3v) is 2.87. The third kappa shape index (κ3) is 3.11. The molecular weight excluding hydrogens is 162 g/mol. The highest BCUT2D eigenvalue weighted by Crippen LogP contribution is 2.21. The first-order chi connectivity index (χ1) is 6.05. The van der Waals surface area contributed by atoms with Crippen LogP contribution in [0, 0.1) is 5.41 Å². The van der Waals surface area contributed by atoms with Crippen LogP contribution in [0.5, 0.6) is 0 Å². The van der Waals surface area contributed by atoms with Crippen molar-refractivity contribution in [3.05, 3.63) is 0 Å². The molecule has 0 aromatic carbocycles. The fourth-order valence-corrected chi connectivity index (χ4v) is 1.95. The standard InChI is InChI=1S/C11H21NO/c1-10-6-4-5-7-12(10)8-11(2,3)9-13/h9-10H,4-8H2,1-3H3. The largest absolute Gasteiger partial charge is 0.303 e. The molecule has 1 saturated heterocycles. The van der Waals surface area contributed by atoms with Crippen LogP contribution in [-0.2, 0) is 4.79 Å². The van der Waals surface area contributed by atoms with Gasteiger partial charge in [0.1, 0.15) is 6.29 Å². The number of carbonyl (C=O) groups is 1. The summed E-state index contributed by atoms with van der Waals surface area (Å²) in [7, 11) is 0. The maximum Gasteiger partial charge on any atom is 0.126 e. The Kier molecular flexibility index (Phi) is 3.48. The Morgan fingerprint density at radius 1 is 1.46 bits per heavy atom. The van der Waals surface area contributed by atoms with Crippen LogP contribution in [0.25, 0.3) is 0 Å². The average Bonchev–Trinajstić information content (AvgIpc) is 2.09. The number of likely N-dealkylation sites (tertiary alicyclic amines) is 1. The SMILES string of the molecule is CC1CCCCN1CC(C)(C)C=O. The molecule has 0 aliphatic carbocycles. The van der Waals surface area contributed by atoms with Gasteiger partial charge in [-0.25, -0.2) is 0 Å². The Morgan fingerprint density at radius 2 is 2.15 bits per heavy atom. The highest BCUT2D eigenvalue weighted by atomic mass is 16.1. The lowest BCUT2D eigenvalue weighted by Crippen LogP contribution is -2.43. The quantitative estimate of drug-likeness (QED) is 0.624. The van der Waals surface area contributed by atoms with E-state index < -0.39 is 0 Å². The zero-order valence-electron chi connectivity index (χ0n) is 9.05. The summed E-state index contributed by atoms with van der Waals surface area (Å²) in [6.07, 6.45) is 5.00. The number of aldehydes is 1. The van der Waals surface area contributed by atoms with Crippen molar-refractivity contribution in [3.63, 3.8) is 0 Å². The maximum absolute atomic E-state index is 10.8. The van der Waals surface area contributed by atoms with E-state index in [1.54, 1.807) is 0 Å². The second-order valence-electron chi connectivity index (χ2n) is 4.92. The molecule has 1 rings (SSSR count). The molecule has 0 radical (unpaired) electrons. The topological polar surface area (TPSA) is 20.3 Å². The minimum atomic E-state index is -0.175. The van der Waals surface area contributed by atoms with Gasteiger partial charge in [0.2, 0.25) is 0 Å². The number of nitrogens with zero attached hydrogens (tertiary/aromatic N) is 1. The Morgan fingerprint density at radius 3 is 2.69 bits per heavy atom. The lowest BCUT2D eigenvalue weighted by Gasteiger charge is -2.37. The van der Waals surface area contributed by atoms with Crippen molar-refractivity contribution in [3.8, 4) is 0 Å². The van der Waals surface area contributed by atoms with E-state index in [9.17, 15) is 4.79 Å². The van der Waals surface area contributed by atoms with Crippen LogP contribution in [0.1, 0.15) is 40.0 Å². The zero-order valence-corrected chi connectivity index (χ0v) is 9.05. The van der Waals surface area contributed by atoms with Crippen molar-refractivity contribution < 1.29 is 4.79 Å². The maximum atomic E-state index is 10.8. The predicted octanol–water partition coefficient (Wildman–Crippen LogP) is 2.09. The second kappa shape index (κ2) is 4.23. The van der Waals surface area contributed by atoms with Gasteiger partial charge < -0.3 is 4.79 Å². The van der Waals surface area contributed by atoms with E-state index in [1.807, 2.05) is 13.8 Å². The van der Waals surface area contributed by atoms with Crippen molar-refractivity contribution in [2.75, 3.05) is 13.1 Å². The van der Waals surface area contributed by atoms with Crippen LogP contribution in [0.15, 0.2) is 0 Å². The Labute approximate surface area is 81.3 Å². The highest BCUT2D eigenvalue weighted by molar-refractivity contribution is 5.58. The highest BCUT2D eigenvalue weighted by Gasteiger charge is 2.25. The fourth-order valence-electron chi connectivity index (χ4n) is 1.95. The summed E-state index contributed by atoms with van der Waals surface area (Å²) in [6.45, 7) is 8.37. The van der Waals surface area contributed by atoms with Crippen LogP contribution in [0.3, 0.4) is 0 Å². The molecule has 0 saturated carbocycles. The van der Waals surface area contributed by atoms with E-state index >= 15 is 0 Å². The average molecular weight is 183 g/mol. The molecule has 0 amide bonds. The lowest BCUT2D eigenvalue weighted by atomic mass is 9.92. The molecule has 1 fully saturated rings. The summed E-state index contributed by atoms with van der Waals surface area (Å²) in [5, 5.41) is 0. The van der Waals surface area contributed by atoms with Gasteiger partial charge in [0.05, 0.1) is 0 Å². The van der Waals surface area contributed by atoms with Crippen LogP contribution in [-0.4, -0.2) is 30.3 Å². The van der Waals surface area contributed by atoms with Gasteiger partial charge in [0, 0.05) is 18.0 Å². The molecule has 1 unspecified atom stereocenters. The molecule has 0 aromatic heterocycles. The first kappa shape index (κ1) is 10.7. The van der Waals surface area contributed by atoms with Gasteiger partial charge in [-0.3, -0.25) is 4.90 Å². The normalized spacial score (nSPS) is 25.9. The first-order valence-electron chi connectivity index (χ1n) is 5.25. The van der Waals surface area contributed by atoms with Gasteiger partial charge in [0.25, 0.3) is 0 Å². The van der Waals surface area contributed by atoms with E-state index in [4.69, 9.17) is 0 Å². The van der Waals surface area contributed by atoms with Gasteiger partial charge in [-0.2, -0.15) is 0 Å². The molecule has 0 spiro atoms. The van der Waals surface area contributed by atoms with Gasteiger partial charge in [-0.15, -0.1) is 0 Å². The molecule has 1 aliphatic heterocycles. The van der Waals surface area contributed by atoms with E-state index in [0.29, 0.717) is 6.04 Å². The van der Waals surface area contributed by atoms with Crippen LogP contribution in [0.4, 0.5) is 0 Å². The van der Waals surface area contributed by atoms with Crippen LogP contribution in [0.2, 0.25) is 0 Å². The van der Waals surface area contributed by atoms with E-state index in [0.717, 1.165) is 12.8 Å². The van der Waals surface area contributed by atoms with Gasteiger partial charge >= 0.3 is 0 Å². The molecule has 1 heterocycles. The monoisotopic (exact) mass is 183 g/mol. The third-order valence-electron chi connectivity index (χ3n) is 2.87. The number of hydrogen-bond acceptors (Lipinski definition) is 2. The molecule has 76 valence electrons. The lowest BCUT2D eigenvalue weighted by molar-refractivity contribution is -0.116. The smallest absolute Gasteiger partial charge is 0.126 e. The van der Waals surface area contributed by atoms with Crippen molar-refractivity contribution in [1.29, 1.82) is 0 Å². The summed E-state index contributed by atoms with van der Waals surface area (Å²) in [4.78, 5) is 13.2. The molecule has 0 bridgehead atoms. The van der Waals surface area contributed by atoms with Crippen LogP contribution >= 0.6 is 0 Å². The second-order valence-corrected chi connectivity index (χ2v) is 4.92. The van der Waals surface area contributed by atoms with E-state index in [1.165, 1.54) is 25.8 Å². The van der Waals surface area contributed by atoms with Crippen molar-refractivity contribution >= 4 is 6.29 Å². The molecule has 1 atom stereocenters. The van der Waals surface area contributed by atoms with E-state index in [-0.39, 0.29) is 5.41 Å². The number of carbonyl (C=O) groups excluding carboxylic acids is 1. The summed E-state index contributed by atoms with van der Waals surface area (Å²) < 4.78 is 0. The first-order valence-corrected chi connectivity index (χ1v) is 5.25. The summed E-state index contributed by atoms with van der Waals surface area (Å²) in [5.74, 6) is 0. The van der Waals surface area contributed by atoms with Gasteiger partial charge in [0.15, 0.2) is 0 Å². The minimum Gasteiger partial charge on any atom is -0.303 e. The molecule has 2 nitrogen and oxygen atoms in total. The fraction of sp³-hybridized carbons (Fsp3) is 0.909.